The number of hydrogen-bond donors (Lipinski definition) is 0. The van der Waals surface area contributed by atoms with Crippen LogP contribution in [0.3, 0.4) is 0 Å². The molecule has 2 aromatic rings. The van der Waals surface area contributed by atoms with Crippen LogP contribution in [0.15, 0.2) is 36.8 Å². The number of hydrogen-bond acceptors (Lipinski definition) is 3. The Balaban J connectivity index is 1.92. The smallest absolute Gasteiger partial charge is 0.193 e. The van der Waals surface area contributed by atoms with Crippen molar-refractivity contribution in [2.45, 2.75) is 12.8 Å². The van der Waals surface area contributed by atoms with Gasteiger partial charge in [-0.15, -0.1) is 0 Å². The maximum atomic E-state index is 12.4. The Kier molecular flexibility index (Phi) is 2.78. The first-order valence-corrected chi connectivity index (χ1v) is 6.31. The van der Waals surface area contributed by atoms with Gasteiger partial charge in [-0.2, -0.15) is 0 Å². The number of aromatic nitrogens is 2. The highest BCUT2D eigenvalue weighted by molar-refractivity contribution is 6.16. The van der Waals surface area contributed by atoms with Crippen LogP contribution in [-0.2, 0) is 13.5 Å². The molecule has 0 saturated carbocycles. The van der Waals surface area contributed by atoms with Crippen molar-refractivity contribution in [2.75, 3.05) is 0 Å². The van der Waals surface area contributed by atoms with E-state index >= 15 is 0 Å². The first kappa shape index (κ1) is 11.8. The molecule has 19 heavy (non-hydrogen) atoms. The molecule has 1 heterocycles. The Morgan fingerprint density at radius 1 is 1.37 bits per heavy atom. The summed E-state index contributed by atoms with van der Waals surface area (Å²) in [7, 11) is 1.81. The Labute approximate surface area is 111 Å². The van der Waals surface area contributed by atoms with Crippen molar-refractivity contribution in [2.24, 2.45) is 13.0 Å². The van der Waals surface area contributed by atoms with E-state index in [1.807, 2.05) is 25.2 Å². The molecule has 0 bridgehead atoms. The summed E-state index contributed by atoms with van der Waals surface area (Å²) in [5.41, 5.74) is 2.10. The fourth-order valence-electron chi connectivity index (χ4n) is 2.57. The predicted octanol–water partition coefficient (Wildman–Crippen LogP) is 2.05. The monoisotopic (exact) mass is 254 g/mol. The third-order valence-electron chi connectivity index (χ3n) is 3.58. The minimum Gasteiger partial charge on any atom is -0.340 e. The molecule has 96 valence electrons. The maximum Gasteiger partial charge on any atom is 0.193 e. The fourth-order valence-corrected chi connectivity index (χ4v) is 2.57. The number of ketones is 2. The molecule has 0 radical (unpaired) electrons. The number of aryl methyl sites for hydroxylation is 2. The molecular weight excluding hydrogens is 240 g/mol. The molecule has 1 aromatic heterocycles. The number of nitrogens with zero attached hydrogens (tertiary/aromatic N) is 2. The van der Waals surface area contributed by atoms with Crippen LogP contribution in [0.25, 0.3) is 0 Å². The van der Waals surface area contributed by atoms with Crippen LogP contribution in [-0.4, -0.2) is 21.1 Å². The third-order valence-corrected chi connectivity index (χ3v) is 3.58. The topological polar surface area (TPSA) is 52.0 Å². The summed E-state index contributed by atoms with van der Waals surface area (Å²) in [6, 6.07) is 7.52. The predicted molar refractivity (Wildman–Crippen MR) is 70.1 cm³/mol. The van der Waals surface area contributed by atoms with Crippen molar-refractivity contribution in [3.63, 3.8) is 0 Å². The number of fused-ring (bicyclic) bond motifs is 1. The van der Waals surface area contributed by atoms with Crippen LogP contribution in [0.5, 0.6) is 0 Å². The standard InChI is InChI=1S/C15H14N2O2/c1-17-8-13(16-9-17)15(19)12-7-6-10-4-2-3-5-11(10)14(12)18/h2-5,8-9,12H,6-7H2,1H3. The second-order valence-corrected chi connectivity index (χ2v) is 4.90. The molecule has 4 nitrogen and oxygen atoms in total. The highest BCUT2D eigenvalue weighted by Gasteiger charge is 2.33. The van der Waals surface area contributed by atoms with Crippen molar-refractivity contribution in [3.8, 4) is 0 Å². The number of carbonyl (C=O) groups is 2. The Bertz CT molecular complexity index is 658. The molecule has 1 atom stereocenters. The second-order valence-electron chi connectivity index (χ2n) is 4.90. The SMILES string of the molecule is Cn1cnc(C(=O)C2CCc3ccccc3C2=O)c1. The molecule has 3 rings (SSSR count). The highest BCUT2D eigenvalue weighted by Crippen LogP contribution is 2.27. The molecule has 0 spiro atoms. The third kappa shape index (κ3) is 1.99. The van der Waals surface area contributed by atoms with E-state index in [9.17, 15) is 9.59 Å². The molecule has 0 saturated heterocycles. The zero-order valence-corrected chi connectivity index (χ0v) is 10.7. The van der Waals surface area contributed by atoms with E-state index in [4.69, 9.17) is 0 Å². The highest BCUT2D eigenvalue weighted by atomic mass is 16.2. The number of imidazole rings is 1. The lowest BCUT2D eigenvalue weighted by molar-refractivity contribution is 0.0788. The molecule has 1 unspecified atom stereocenters. The molecule has 4 heteroatoms. The molecule has 0 N–H and O–H groups in total. The van der Waals surface area contributed by atoms with Gasteiger partial charge < -0.3 is 4.57 Å². The van der Waals surface area contributed by atoms with E-state index < -0.39 is 5.92 Å². The van der Waals surface area contributed by atoms with Gasteiger partial charge >= 0.3 is 0 Å². The normalized spacial score (nSPS) is 18.2. The van der Waals surface area contributed by atoms with Crippen molar-refractivity contribution in [3.05, 3.63) is 53.6 Å². The van der Waals surface area contributed by atoms with Crippen LogP contribution in [0, 0.1) is 5.92 Å². The van der Waals surface area contributed by atoms with E-state index in [0.717, 1.165) is 12.0 Å². The number of carbonyl (C=O) groups excluding carboxylic acids is 2. The van der Waals surface area contributed by atoms with Crippen molar-refractivity contribution in [1.82, 2.24) is 9.55 Å². The maximum absolute atomic E-state index is 12.4. The minimum atomic E-state index is -0.579. The quantitative estimate of drug-likeness (QED) is 0.608. The first-order chi connectivity index (χ1) is 9.16. The summed E-state index contributed by atoms with van der Waals surface area (Å²) in [4.78, 5) is 28.8. The van der Waals surface area contributed by atoms with Crippen molar-refractivity contribution < 1.29 is 9.59 Å². The molecular formula is C15H14N2O2. The van der Waals surface area contributed by atoms with E-state index in [1.54, 1.807) is 23.2 Å². The Morgan fingerprint density at radius 2 is 2.16 bits per heavy atom. The summed E-state index contributed by atoms with van der Waals surface area (Å²) < 4.78 is 1.72. The van der Waals surface area contributed by atoms with Crippen molar-refractivity contribution >= 4 is 11.6 Å². The fraction of sp³-hybridized carbons (Fsp3) is 0.267. The van der Waals surface area contributed by atoms with Gasteiger partial charge in [0.05, 0.1) is 12.2 Å². The van der Waals surface area contributed by atoms with Gasteiger partial charge in [0.25, 0.3) is 0 Å². The molecule has 1 aromatic carbocycles. The lowest BCUT2D eigenvalue weighted by Gasteiger charge is -2.21. The first-order valence-electron chi connectivity index (χ1n) is 6.31. The summed E-state index contributed by atoms with van der Waals surface area (Å²) in [6.45, 7) is 0. The summed E-state index contributed by atoms with van der Waals surface area (Å²) >= 11 is 0. The van der Waals surface area contributed by atoms with E-state index in [2.05, 4.69) is 4.98 Å². The molecule has 1 aliphatic carbocycles. The van der Waals surface area contributed by atoms with Crippen LogP contribution in [0.2, 0.25) is 0 Å². The van der Waals surface area contributed by atoms with E-state index in [0.29, 0.717) is 17.7 Å². The molecule has 1 aliphatic rings. The van der Waals surface area contributed by atoms with Gasteiger partial charge in [0.1, 0.15) is 5.69 Å². The minimum absolute atomic E-state index is 0.0718. The Hall–Kier alpha value is -2.23. The summed E-state index contributed by atoms with van der Waals surface area (Å²) in [5, 5.41) is 0. The average Bonchev–Trinajstić information content (AvgIpc) is 2.85. The summed E-state index contributed by atoms with van der Waals surface area (Å²) in [6.07, 6.45) is 4.58. The average molecular weight is 254 g/mol. The zero-order chi connectivity index (χ0) is 13.4. The number of benzene rings is 1. The van der Waals surface area contributed by atoms with Crippen LogP contribution in [0.4, 0.5) is 0 Å². The second kappa shape index (κ2) is 4.46. The molecule has 0 fully saturated rings. The van der Waals surface area contributed by atoms with Gasteiger partial charge in [0.15, 0.2) is 11.6 Å². The molecule has 0 aliphatic heterocycles. The lowest BCUT2D eigenvalue weighted by atomic mass is 9.80. The number of rotatable bonds is 2. The van der Waals surface area contributed by atoms with Gasteiger partial charge in [-0.3, -0.25) is 9.59 Å². The van der Waals surface area contributed by atoms with Crippen LogP contribution in [0.1, 0.15) is 32.8 Å². The van der Waals surface area contributed by atoms with Gasteiger partial charge in [-0.05, 0) is 18.4 Å². The van der Waals surface area contributed by atoms with E-state index in [1.165, 1.54) is 0 Å². The summed E-state index contributed by atoms with van der Waals surface area (Å²) in [5.74, 6) is -0.817. The largest absolute Gasteiger partial charge is 0.340 e. The van der Waals surface area contributed by atoms with Gasteiger partial charge in [-0.1, -0.05) is 24.3 Å². The van der Waals surface area contributed by atoms with Crippen molar-refractivity contribution in [1.29, 1.82) is 0 Å². The lowest BCUT2D eigenvalue weighted by Crippen LogP contribution is -2.29. The van der Waals surface area contributed by atoms with E-state index in [-0.39, 0.29) is 11.6 Å². The van der Waals surface area contributed by atoms with Gasteiger partial charge in [0, 0.05) is 18.8 Å². The van der Waals surface area contributed by atoms with Crippen LogP contribution >= 0.6 is 0 Å². The molecule has 0 amide bonds. The number of Topliss-reactive ketones (excluding diaryl/α,β-unsaturated/α-hetero) is 2. The van der Waals surface area contributed by atoms with Gasteiger partial charge in [-0.25, -0.2) is 4.98 Å². The van der Waals surface area contributed by atoms with Crippen LogP contribution < -0.4 is 0 Å². The zero-order valence-electron chi connectivity index (χ0n) is 10.7. The van der Waals surface area contributed by atoms with Gasteiger partial charge in [0.2, 0.25) is 0 Å². The Morgan fingerprint density at radius 3 is 2.89 bits per heavy atom.